The molecule has 1 aliphatic heterocycles. The number of nitrogens with two attached hydrogens (primary N) is 1. The highest BCUT2D eigenvalue weighted by atomic mass is 35.5. The fourth-order valence-electron chi connectivity index (χ4n) is 2.46. The number of halogens is 1. The molecule has 1 unspecified atom stereocenters. The van der Waals surface area contributed by atoms with Crippen LogP contribution in [0, 0.1) is 11.8 Å². The minimum atomic E-state index is -0.277. The second-order valence-electron chi connectivity index (χ2n) is 5.30. The standard InChI is InChI=1S/C13H26N2O.ClH/c1-4-5-12(14)13(16)15-8-6-11(7-9-15)10(2)3;/h10-12H,4-9,14H2,1-3H3;1H. The molecule has 1 fully saturated rings. The number of amides is 1. The zero-order valence-electron chi connectivity index (χ0n) is 11.3. The number of carbonyl (C=O) groups is 1. The Hall–Kier alpha value is -0.280. The summed E-state index contributed by atoms with van der Waals surface area (Å²) in [5.74, 6) is 1.68. The smallest absolute Gasteiger partial charge is 0.239 e. The number of rotatable bonds is 4. The summed E-state index contributed by atoms with van der Waals surface area (Å²) in [4.78, 5) is 13.9. The lowest BCUT2D eigenvalue weighted by Crippen LogP contribution is -2.47. The molecule has 0 spiro atoms. The maximum atomic E-state index is 12.0. The fourth-order valence-corrected chi connectivity index (χ4v) is 2.46. The van der Waals surface area contributed by atoms with Gasteiger partial charge in [-0.2, -0.15) is 0 Å². The van der Waals surface area contributed by atoms with E-state index in [1.165, 1.54) is 0 Å². The minimum absolute atomic E-state index is 0. The topological polar surface area (TPSA) is 46.3 Å². The monoisotopic (exact) mass is 262 g/mol. The van der Waals surface area contributed by atoms with Gasteiger partial charge in [0.05, 0.1) is 6.04 Å². The Labute approximate surface area is 112 Å². The van der Waals surface area contributed by atoms with E-state index in [1.807, 2.05) is 4.90 Å². The molecule has 2 N–H and O–H groups in total. The first kappa shape index (κ1) is 16.7. The summed E-state index contributed by atoms with van der Waals surface area (Å²) in [7, 11) is 0. The molecule has 1 aliphatic rings. The molecule has 102 valence electrons. The van der Waals surface area contributed by atoms with Gasteiger partial charge in [-0.3, -0.25) is 4.79 Å². The molecule has 1 amide bonds. The van der Waals surface area contributed by atoms with Crippen molar-refractivity contribution in [1.82, 2.24) is 4.90 Å². The predicted molar refractivity (Wildman–Crippen MR) is 74.3 cm³/mol. The molecular weight excluding hydrogens is 236 g/mol. The Morgan fingerprint density at radius 1 is 1.35 bits per heavy atom. The summed E-state index contributed by atoms with van der Waals surface area (Å²) in [5, 5.41) is 0. The molecule has 17 heavy (non-hydrogen) atoms. The van der Waals surface area contributed by atoms with Crippen molar-refractivity contribution in [1.29, 1.82) is 0 Å². The van der Waals surface area contributed by atoms with Gasteiger partial charge in [0.15, 0.2) is 0 Å². The highest BCUT2D eigenvalue weighted by Crippen LogP contribution is 2.24. The van der Waals surface area contributed by atoms with Crippen molar-refractivity contribution in [3.05, 3.63) is 0 Å². The summed E-state index contributed by atoms with van der Waals surface area (Å²) < 4.78 is 0. The lowest BCUT2D eigenvalue weighted by atomic mass is 9.86. The van der Waals surface area contributed by atoms with Crippen LogP contribution >= 0.6 is 12.4 Å². The van der Waals surface area contributed by atoms with Gasteiger partial charge < -0.3 is 10.6 Å². The zero-order valence-corrected chi connectivity index (χ0v) is 12.1. The Balaban J connectivity index is 0.00000256. The molecule has 1 atom stereocenters. The quantitative estimate of drug-likeness (QED) is 0.846. The Bertz CT molecular complexity index is 225. The molecule has 0 aromatic rings. The van der Waals surface area contributed by atoms with Crippen molar-refractivity contribution in [3.8, 4) is 0 Å². The maximum Gasteiger partial charge on any atom is 0.239 e. The van der Waals surface area contributed by atoms with Crippen LogP contribution in [0.3, 0.4) is 0 Å². The fraction of sp³-hybridized carbons (Fsp3) is 0.923. The van der Waals surface area contributed by atoms with Crippen LogP contribution < -0.4 is 5.73 Å². The normalized spacial score (nSPS) is 19.0. The minimum Gasteiger partial charge on any atom is -0.341 e. The summed E-state index contributed by atoms with van der Waals surface area (Å²) in [6, 6.07) is -0.277. The third kappa shape index (κ3) is 4.84. The van der Waals surface area contributed by atoms with Crippen molar-refractivity contribution >= 4 is 18.3 Å². The lowest BCUT2D eigenvalue weighted by Gasteiger charge is -2.35. The summed E-state index contributed by atoms with van der Waals surface area (Å²) in [5.41, 5.74) is 5.86. The molecule has 3 nitrogen and oxygen atoms in total. The number of hydrogen-bond acceptors (Lipinski definition) is 2. The van der Waals surface area contributed by atoms with E-state index in [-0.39, 0.29) is 24.4 Å². The average molecular weight is 263 g/mol. The van der Waals surface area contributed by atoms with E-state index in [9.17, 15) is 4.79 Å². The second-order valence-corrected chi connectivity index (χ2v) is 5.30. The number of piperidine rings is 1. The van der Waals surface area contributed by atoms with E-state index < -0.39 is 0 Å². The lowest BCUT2D eigenvalue weighted by molar-refractivity contribution is -0.134. The molecule has 1 rings (SSSR count). The van der Waals surface area contributed by atoms with Gasteiger partial charge in [0.25, 0.3) is 0 Å². The van der Waals surface area contributed by atoms with Crippen LogP contribution in [0.4, 0.5) is 0 Å². The van der Waals surface area contributed by atoms with E-state index in [0.717, 1.165) is 50.6 Å². The van der Waals surface area contributed by atoms with Crippen LogP contribution in [0.5, 0.6) is 0 Å². The van der Waals surface area contributed by atoms with E-state index >= 15 is 0 Å². The van der Waals surface area contributed by atoms with Crippen molar-refractivity contribution in [2.45, 2.75) is 52.5 Å². The highest BCUT2D eigenvalue weighted by molar-refractivity contribution is 5.85. The number of hydrogen-bond donors (Lipinski definition) is 1. The van der Waals surface area contributed by atoms with Crippen LogP contribution in [0.15, 0.2) is 0 Å². The largest absolute Gasteiger partial charge is 0.341 e. The number of likely N-dealkylation sites (tertiary alicyclic amines) is 1. The molecule has 0 radical (unpaired) electrons. The van der Waals surface area contributed by atoms with Crippen LogP contribution in [0.25, 0.3) is 0 Å². The molecule has 1 heterocycles. The predicted octanol–water partition coefficient (Wildman–Crippen LogP) is 2.43. The molecule has 0 bridgehead atoms. The van der Waals surface area contributed by atoms with Crippen molar-refractivity contribution in [2.24, 2.45) is 17.6 Å². The molecule has 0 aromatic heterocycles. The molecule has 1 saturated heterocycles. The summed E-state index contributed by atoms with van der Waals surface area (Å²) in [6.45, 7) is 8.41. The van der Waals surface area contributed by atoms with Crippen molar-refractivity contribution in [3.63, 3.8) is 0 Å². The molecule has 0 saturated carbocycles. The first-order chi connectivity index (χ1) is 7.56. The van der Waals surface area contributed by atoms with Gasteiger partial charge in [0.2, 0.25) is 5.91 Å². The van der Waals surface area contributed by atoms with Gasteiger partial charge in [-0.25, -0.2) is 0 Å². The van der Waals surface area contributed by atoms with Gasteiger partial charge in [-0.1, -0.05) is 27.2 Å². The van der Waals surface area contributed by atoms with Crippen molar-refractivity contribution < 1.29 is 4.79 Å². The first-order valence-electron chi connectivity index (χ1n) is 6.60. The Kier molecular flexibility index (Phi) is 7.80. The zero-order chi connectivity index (χ0) is 12.1. The van der Waals surface area contributed by atoms with Crippen molar-refractivity contribution in [2.75, 3.05) is 13.1 Å². The van der Waals surface area contributed by atoms with Gasteiger partial charge in [0, 0.05) is 13.1 Å². The molecule has 0 aromatic carbocycles. The van der Waals surface area contributed by atoms with Crippen LogP contribution in [0.2, 0.25) is 0 Å². The van der Waals surface area contributed by atoms with Gasteiger partial charge in [-0.05, 0) is 31.1 Å². The van der Waals surface area contributed by atoms with Crippen LogP contribution in [0.1, 0.15) is 46.5 Å². The third-order valence-corrected chi connectivity index (χ3v) is 3.71. The molecule has 4 heteroatoms. The summed E-state index contributed by atoms with van der Waals surface area (Å²) >= 11 is 0. The number of carbonyl (C=O) groups excluding carboxylic acids is 1. The summed E-state index contributed by atoms with van der Waals surface area (Å²) in [6.07, 6.45) is 4.07. The highest BCUT2D eigenvalue weighted by Gasteiger charge is 2.26. The van der Waals surface area contributed by atoms with E-state index in [1.54, 1.807) is 0 Å². The van der Waals surface area contributed by atoms with Crippen LogP contribution in [-0.4, -0.2) is 29.9 Å². The number of nitrogens with zero attached hydrogens (tertiary/aromatic N) is 1. The first-order valence-corrected chi connectivity index (χ1v) is 6.60. The second kappa shape index (κ2) is 7.93. The van der Waals surface area contributed by atoms with E-state index in [0.29, 0.717) is 0 Å². The van der Waals surface area contributed by atoms with Crippen LogP contribution in [-0.2, 0) is 4.79 Å². The molecule has 0 aliphatic carbocycles. The third-order valence-electron chi connectivity index (χ3n) is 3.71. The SMILES string of the molecule is CCCC(N)C(=O)N1CCC(C(C)C)CC1.Cl. The van der Waals surface area contributed by atoms with E-state index in [2.05, 4.69) is 20.8 Å². The van der Waals surface area contributed by atoms with Gasteiger partial charge in [0.1, 0.15) is 0 Å². The van der Waals surface area contributed by atoms with Gasteiger partial charge >= 0.3 is 0 Å². The Morgan fingerprint density at radius 2 is 1.88 bits per heavy atom. The Morgan fingerprint density at radius 3 is 2.29 bits per heavy atom. The maximum absolute atomic E-state index is 12.0. The van der Waals surface area contributed by atoms with Gasteiger partial charge in [-0.15, -0.1) is 12.4 Å². The molecular formula is C13H27ClN2O. The average Bonchev–Trinajstić information content (AvgIpc) is 2.28. The van der Waals surface area contributed by atoms with E-state index in [4.69, 9.17) is 5.73 Å².